The van der Waals surface area contributed by atoms with E-state index in [9.17, 15) is 0 Å². The molecular formula is C13H13Cl2N3O. The van der Waals surface area contributed by atoms with Gasteiger partial charge in [-0.1, -0.05) is 36.2 Å². The fourth-order valence-electron chi connectivity index (χ4n) is 1.42. The van der Waals surface area contributed by atoms with Gasteiger partial charge in [0.05, 0.1) is 10.7 Å². The monoisotopic (exact) mass is 297 g/mol. The van der Waals surface area contributed by atoms with Crippen LogP contribution in [0.25, 0.3) is 0 Å². The van der Waals surface area contributed by atoms with Gasteiger partial charge >= 0.3 is 0 Å². The number of halogens is 2. The van der Waals surface area contributed by atoms with Crippen LogP contribution in [0.2, 0.25) is 10.0 Å². The zero-order valence-electron chi connectivity index (χ0n) is 10.4. The van der Waals surface area contributed by atoms with Gasteiger partial charge in [0.15, 0.2) is 0 Å². The van der Waals surface area contributed by atoms with Crippen molar-refractivity contribution in [2.45, 2.75) is 13.5 Å². The van der Waals surface area contributed by atoms with Crippen LogP contribution < -0.4 is 10.1 Å². The first kappa shape index (κ1) is 14.1. The van der Waals surface area contributed by atoms with E-state index in [1.807, 2.05) is 13.0 Å². The molecule has 1 aromatic heterocycles. The third-order valence-corrected chi connectivity index (χ3v) is 3.18. The van der Waals surface area contributed by atoms with E-state index in [0.717, 1.165) is 12.2 Å². The number of ether oxygens (including phenoxy) is 1. The summed E-state index contributed by atoms with van der Waals surface area (Å²) in [5, 5.41) is 12.0. The molecule has 0 atom stereocenters. The summed E-state index contributed by atoms with van der Waals surface area (Å²) in [6.07, 6.45) is 0. The zero-order valence-corrected chi connectivity index (χ0v) is 11.9. The Morgan fingerprint density at radius 3 is 2.68 bits per heavy atom. The molecule has 0 spiro atoms. The van der Waals surface area contributed by atoms with E-state index in [4.69, 9.17) is 27.9 Å². The van der Waals surface area contributed by atoms with Gasteiger partial charge in [0, 0.05) is 12.6 Å². The molecule has 0 fully saturated rings. The molecule has 0 unspecified atom stereocenters. The average molecular weight is 298 g/mol. The Morgan fingerprint density at radius 2 is 2.00 bits per heavy atom. The van der Waals surface area contributed by atoms with Crippen LogP contribution in [0.1, 0.15) is 12.6 Å². The predicted molar refractivity (Wildman–Crippen MR) is 75.9 cm³/mol. The molecule has 19 heavy (non-hydrogen) atoms. The molecule has 4 nitrogen and oxygen atoms in total. The maximum atomic E-state index is 6.03. The lowest BCUT2D eigenvalue weighted by molar-refractivity contribution is 0.453. The summed E-state index contributed by atoms with van der Waals surface area (Å²) in [5.74, 6) is 0.840. The second-order valence-electron chi connectivity index (χ2n) is 3.80. The Bertz CT molecular complexity index is 546. The van der Waals surface area contributed by atoms with E-state index in [2.05, 4.69) is 15.5 Å². The third kappa shape index (κ3) is 3.80. The smallest absolute Gasteiger partial charge is 0.238 e. The first-order valence-corrected chi connectivity index (χ1v) is 6.61. The molecule has 0 saturated heterocycles. The standard InChI is InChI=1S/C13H13Cl2N3O/c1-2-16-8-9-6-7-12(18-17-9)19-11-5-3-4-10(14)13(11)15/h3-7,16H,2,8H2,1H3. The summed E-state index contributed by atoms with van der Waals surface area (Å²) in [5.41, 5.74) is 0.853. The van der Waals surface area contributed by atoms with Crippen molar-refractivity contribution in [2.75, 3.05) is 6.54 Å². The summed E-state index contributed by atoms with van der Waals surface area (Å²) in [6, 6.07) is 8.78. The number of aromatic nitrogens is 2. The van der Waals surface area contributed by atoms with Crippen molar-refractivity contribution < 1.29 is 4.74 Å². The van der Waals surface area contributed by atoms with Crippen molar-refractivity contribution >= 4 is 23.2 Å². The number of benzene rings is 1. The Kier molecular flexibility index (Phi) is 4.96. The fourth-order valence-corrected chi connectivity index (χ4v) is 1.76. The molecule has 2 rings (SSSR count). The number of rotatable bonds is 5. The Labute approximate surface area is 121 Å². The molecule has 1 heterocycles. The predicted octanol–water partition coefficient (Wildman–Crippen LogP) is 3.69. The lowest BCUT2D eigenvalue weighted by Gasteiger charge is -2.07. The van der Waals surface area contributed by atoms with Crippen LogP contribution >= 0.6 is 23.2 Å². The quantitative estimate of drug-likeness (QED) is 0.914. The second-order valence-corrected chi connectivity index (χ2v) is 4.58. The summed E-state index contributed by atoms with van der Waals surface area (Å²) in [6.45, 7) is 3.60. The maximum Gasteiger partial charge on any atom is 0.238 e. The van der Waals surface area contributed by atoms with Gasteiger partial charge < -0.3 is 10.1 Å². The molecule has 2 aromatic rings. The Balaban J connectivity index is 2.09. The first-order chi connectivity index (χ1) is 9.20. The lowest BCUT2D eigenvalue weighted by Crippen LogP contribution is -2.13. The van der Waals surface area contributed by atoms with E-state index >= 15 is 0 Å². The van der Waals surface area contributed by atoms with Gasteiger partial charge in [-0.15, -0.1) is 5.10 Å². The zero-order chi connectivity index (χ0) is 13.7. The van der Waals surface area contributed by atoms with Crippen LogP contribution in [0.3, 0.4) is 0 Å². The average Bonchev–Trinajstić information content (AvgIpc) is 2.43. The fraction of sp³-hybridized carbons (Fsp3) is 0.231. The van der Waals surface area contributed by atoms with E-state index in [1.54, 1.807) is 24.3 Å². The molecule has 0 amide bonds. The van der Waals surface area contributed by atoms with Crippen molar-refractivity contribution in [3.05, 3.63) is 46.1 Å². The Hall–Kier alpha value is -1.36. The molecule has 100 valence electrons. The summed E-state index contributed by atoms with van der Waals surface area (Å²) in [7, 11) is 0. The maximum absolute atomic E-state index is 6.03. The molecule has 0 aliphatic carbocycles. The van der Waals surface area contributed by atoms with Gasteiger partial charge in [0.25, 0.3) is 0 Å². The molecule has 0 aliphatic heterocycles. The number of hydrogen-bond acceptors (Lipinski definition) is 4. The lowest BCUT2D eigenvalue weighted by atomic mass is 10.3. The van der Waals surface area contributed by atoms with Crippen molar-refractivity contribution in [3.8, 4) is 11.6 Å². The van der Waals surface area contributed by atoms with Gasteiger partial charge in [-0.05, 0) is 24.7 Å². The third-order valence-electron chi connectivity index (χ3n) is 2.38. The van der Waals surface area contributed by atoms with Crippen LogP contribution in [0.5, 0.6) is 11.6 Å². The van der Waals surface area contributed by atoms with Crippen LogP contribution in [0.4, 0.5) is 0 Å². The van der Waals surface area contributed by atoms with E-state index in [0.29, 0.717) is 28.2 Å². The van der Waals surface area contributed by atoms with Crippen molar-refractivity contribution in [1.29, 1.82) is 0 Å². The number of hydrogen-bond donors (Lipinski definition) is 1. The SMILES string of the molecule is CCNCc1ccc(Oc2cccc(Cl)c2Cl)nn1. The molecular weight excluding hydrogens is 285 g/mol. The minimum absolute atomic E-state index is 0.364. The van der Waals surface area contributed by atoms with Crippen LogP contribution in [0.15, 0.2) is 30.3 Å². The van der Waals surface area contributed by atoms with E-state index in [1.165, 1.54) is 0 Å². The molecule has 6 heteroatoms. The number of nitrogens with zero attached hydrogens (tertiary/aromatic N) is 2. The van der Waals surface area contributed by atoms with Gasteiger partial charge in [-0.2, -0.15) is 5.10 Å². The van der Waals surface area contributed by atoms with Crippen LogP contribution in [-0.2, 0) is 6.54 Å². The van der Waals surface area contributed by atoms with Crippen molar-refractivity contribution in [1.82, 2.24) is 15.5 Å². The van der Waals surface area contributed by atoms with E-state index < -0.39 is 0 Å². The largest absolute Gasteiger partial charge is 0.436 e. The molecule has 0 saturated carbocycles. The highest BCUT2D eigenvalue weighted by Crippen LogP contribution is 2.33. The van der Waals surface area contributed by atoms with Gasteiger partial charge in [0.2, 0.25) is 5.88 Å². The van der Waals surface area contributed by atoms with Crippen molar-refractivity contribution in [2.24, 2.45) is 0 Å². The van der Waals surface area contributed by atoms with Crippen molar-refractivity contribution in [3.63, 3.8) is 0 Å². The molecule has 1 aromatic carbocycles. The number of nitrogens with one attached hydrogen (secondary N) is 1. The first-order valence-electron chi connectivity index (χ1n) is 5.86. The molecule has 0 aliphatic rings. The van der Waals surface area contributed by atoms with Crippen LogP contribution in [-0.4, -0.2) is 16.7 Å². The summed E-state index contributed by atoms with van der Waals surface area (Å²) < 4.78 is 5.54. The molecule has 0 bridgehead atoms. The molecule has 1 N–H and O–H groups in total. The van der Waals surface area contributed by atoms with Gasteiger partial charge in [-0.25, -0.2) is 0 Å². The van der Waals surface area contributed by atoms with Gasteiger partial charge in [-0.3, -0.25) is 0 Å². The van der Waals surface area contributed by atoms with Gasteiger partial charge in [0.1, 0.15) is 10.8 Å². The highest BCUT2D eigenvalue weighted by atomic mass is 35.5. The van der Waals surface area contributed by atoms with E-state index in [-0.39, 0.29) is 0 Å². The highest BCUT2D eigenvalue weighted by Gasteiger charge is 2.07. The topological polar surface area (TPSA) is 47.0 Å². The second kappa shape index (κ2) is 6.70. The molecule has 0 radical (unpaired) electrons. The summed E-state index contributed by atoms with van der Waals surface area (Å²) >= 11 is 11.9. The highest BCUT2D eigenvalue weighted by molar-refractivity contribution is 6.42. The Morgan fingerprint density at radius 1 is 1.16 bits per heavy atom. The normalized spacial score (nSPS) is 10.5. The minimum Gasteiger partial charge on any atom is -0.436 e. The minimum atomic E-state index is 0.364. The van der Waals surface area contributed by atoms with Crippen LogP contribution in [0, 0.1) is 0 Å². The summed E-state index contributed by atoms with van der Waals surface area (Å²) in [4.78, 5) is 0.